The first-order chi connectivity index (χ1) is 8.25. The number of hydrogen-bond donors (Lipinski definition) is 0. The SMILES string of the molecule is CC(=O)O[C@H]1CCCO[C@H]1O[C@@H]1CCCCO1. The van der Waals surface area contributed by atoms with Crippen molar-refractivity contribution in [2.24, 2.45) is 0 Å². The zero-order valence-electron chi connectivity index (χ0n) is 10.2. The van der Waals surface area contributed by atoms with Gasteiger partial charge < -0.3 is 18.9 Å². The summed E-state index contributed by atoms with van der Waals surface area (Å²) in [4.78, 5) is 11.0. The van der Waals surface area contributed by atoms with Gasteiger partial charge in [-0.1, -0.05) is 0 Å². The van der Waals surface area contributed by atoms with Crippen LogP contribution in [0.5, 0.6) is 0 Å². The van der Waals surface area contributed by atoms with Crippen molar-refractivity contribution >= 4 is 5.97 Å². The van der Waals surface area contributed by atoms with Crippen LogP contribution >= 0.6 is 0 Å². The van der Waals surface area contributed by atoms with Crippen LogP contribution in [-0.4, -0.2) is 37.9 Å². The van der Waals surface area contributed by atoms with E-state index < -0.39 is 6.29 Å². The fourth-order valence-electron chi connectivity index (χ4n) is 2.15. The molecule has 0 spiro atoms. The van der Waals surface area contributed by atoms with E-state index >= 15 is 0 Å². The standard InChI is InChI=1S/C12H20O5/c1-9(13)16-10-5-4-8-15-12(10)17-11-6-2-3-7-14-11/h10-12H,2-8H2,1H3/t10-,11+,12-/m0/s1. The Hall–Kier alpha value is -0.650. The third-order valence-corrected chi connectivity index (χ3v) is 2.96. The molecule has 0 bridgehead atoms. The van der Waals surface area contributed by atoms with E-state index in [-0.39, 0.29) is 18.4 Å². The molecule has 0 aromatic rings. The van der Waals surface area contributed by atoms with E-state index in [1.54, 1.807) is 0 Å². The van der Waals surface area contributed by atoms with Gasteiger partial charge in [-0.05, 0) is 32.1 Å². The van der Waals surface area contributed by atoms with Crippen LogP contribution in [0.15, 0.2) is 0 Å². The van der Waals surface area contributed by atoms with Crippen LogP contribution in [-0.2, 0) is 23.7 Å². The highest BCUT2D eigenvalue weighted by Crippen LogP contribution is 2.23. The monoisotopic (exact) mass is 244 g/mol. The van der Waals surface area contributed by atoms with Gasteiger partial charge in [0, 0.05) is 13.5 Å². The van der Waals surface area contributed by atoms with Crippen LogP contribution in [0.25, 0.3) is 0 Å². The normalized spacial score (nSPS) is 34.3. The van der Waals surface area contributed by atoms with Crippen molar-refractivity contribution in [3.05, 3.63) is 0 Å². The molecule has 2 fully saturated rings. The van der Waals surface area contributed by atoms with Crippen molar-refractivity contribution in [1.29, 1.82) is 0 Å². The summed E-state index contributed by atoms with van der Waals surface area (Å²) in [5.74, 6) is -0.293. The summed E-state index contributed by atoms with van der Waals surface area (Å²) in [6.45, 7) is 2.79. The quantitative estimate of drug-likeness (QED) is 0.706. The maximum absolute atomic E-state index is 11.0. The smallest absolute Gasteiger partial charge is 0.303 e. The molecular formula is C12H20O5. The molecule has 2 rings (SSSR count). The van der Waals surface area contributed by atoms with Crippen LogP contribution in [0.1, 0.15) is 39.0 Å². The van der Waals surface area contributed by atoms with Gasteiger partial charge in [0.2, 0.25) is 0 Å². The predicted molar refractivity (Wildman–Crippen MR) is 59.2 cm³/mol. The van der Waals surface area contributed by atoms with Crippen molar-refractivity contribution in [2.45, 2.75) is 57.7 Å². The Morgan fingerprint density at radius 3 is 2.65 bits per heavy atom. The molecule has 2 aliphatic rings. The second-order valence-electron chi connectivity index (χ2n) is 4.46. The van der Waals surface area contributed by atoms with Crippen LogP contribution in [0.3, 0.4) is 0 Å². The minimum Gasteiger partial charge on any atom is -0.457 e. The molecule has 0 aromatic heterocycles. The first-order valence-corrected chi connectivity index (χ1v) is 6.31. The van der Waals surface area contributed by atoms with Crippen LogP contribution in [0.2, 0.25) is 0 Å². The minimum absolute atomic E-state index is 0.218. The maximum atomic E-state index is 11.0. The fraction of sp³-hybridized carbons (Fsp3) is 0.917. The molecule has 2 aliphatic heterocycles. The van der Waals surface area contributed by atoms with Gasteiger partial charge in [0.25, 0.3) is 0 Å². The lowest BCUT2D eigenvalue weighted by molar-refractivity contribution is -0.293. The van der Waals surface area contributed by atoms with Gasteiger partial charge in [-0.25, -0.2) is 0 Å². The Labute approximate surface area is 101 Å². The average Bonchev–Trinajstić information content (AvgIpc) is 2.32. The molecule has 0 aliphatic carbocycles. The van der Waals surface area contributed by atoms with Gasteiger partial charge in [0.1, 0.15) is 0 Å². The van der Waals surface area contributed by atoms with Gasteiger partial charge in [-0.3, -0.25) is 4.79 Å². The molecule has 5 nitrogen and oxygen atoms in total. The van der Waals surface area contributed by atoms with Crippen molar-refractivity contribution in [2.75, 3.05) is 13.2 Å². The predicted octanol–water partition coefficient (Wildman–Crippen LogP) is 1.60. The largest absolute Gasteiger partial charge is 0.457 e. The maximum Gasteiger partial charge on any atom is 0.303 e. The topological polar surface area (TPSA) is 54.0 Å². The fourth-order valence-corrected chi connectivity index (χ4v) is 2.15. The van der Waals surface area contributed by atoms with Gasteiger partial charge in [0.05, 0.1) is 6.61 Å². The van der Waals surface area contributed by atoms with Crippen molar-refractivity contribution < 1.29 is 23.7 Å². The van der Waals surface area contributed by atoms with Crippen molar-refractivity contribution in [3.8, 4) is 0 Å². The molecule has 2 heterocycles. The molecule has 98 valence electrons. The molecule has 2 saturated heterocycles. The van der Waals surface area contributed by atoms with E-state index in [2.05, 4.69) is 0 Å². The number of hydrogen-bond acceptors (Lipinski definition) is 5. The summed E-state index contributed by atoms with van der Waals surface area (Å²) in [5, 5.41) is 0. The van der Waals surface area contributed by atoms with Gasteiger partial charge in [-0.15, -0.1) is 0 Å². The summed E-state index contributed by atoms with van der Waals surface area (Å²) in [5.41, 5.74) is 0. The Bertz CT molecular complexity index is 249. The lowest BCUT2D eigenvalue weighted by Gasteiger charge is -2.34. The first kappa shape index (κ1) is 12.8. The number of carbonyl (C=O) groups excluding carboxylic acids is 1. The molecule has 0 aromatic carbocycles. The highest BCUT2D eigenvalue weighted by molar-refractivity contribution is 5.66. The molecule has 0 N–H and O–H groups in total. The van der Waals surface area contributed by atoms with E-state index in [4.69, 9.17) is 18.9 Å². The van der Waals surface area contributed by atoms with Crippen molar-refractivity contribution in [3.63, 3.8) is 0 Å². The Morgan fingerprint density at radius 1 is 1.12 bits per heavy atom. The zero-order valence-corrected chi connectivity index (χ0v) is 10.2. The van der Waals surface area contributed by atoms with E-state index in [0.29, 0.717) is 6.61 Å². The van der Waals surface area contributed by atoms with E-state index in [9.17, 15) is 4.79 Å². The highest BCUT2D eigenvalue weighted by Gasteiger charge is 2.32. The molecule has 0 saturated carbocycles. The van der Waals surface area contributed by atoms with Crippen molar-refractivity contribution in [1.82, 2.24) is 0 Å². The lowest BCUT2D eigenvalue weighted by Crippen LogP contribution is -2.42. The van der Waals surface area contributed by atoms with Crippen LogP contribution < -0.4 is 0 Å². The van der Waals surface area contributed by atoms with E-state index in [1.807, 2.05) is 0 Å². The molecule has 0 unspecified atom stereocenters. The third-order valence-electron chi connectivity index (χ3n) is 2.96. The first-order valence-electron chi connectivity index (χ1n) is 6.31. The second-order valence-corrected chi connectivity index (χ2v) is 4.46. The highest BCUT2D eigenvalue weighted by atomic mass is 16.8. The Kier molecular flexibility index (Phi) is 4.76. The molecule has 5 heteroatoms. The average molecular weight is 244 g/mol. The molecule has 3 atom stereocenters. The minimum atomic E-state index is -0.476. The summed E-state index contributed by atoms with van der Waals surface area (Å²) in [6, 6.07) is 0. The Morgan fingerprint density at radius 2 is 1.94 bits per heavy atom. The lowest BCUT2D eigenvalue weighted by atomic mass is 10.1. The number of rotatable bonds is 3. The van der Waals surface area contributed by atoms with Gasteiger partial charge in [-0.2, -0.15) is 0 Å². The summed E-state index contributed by atoms with van der Waals surface area (Å²) >= 11 is 0. The molecule has 0 radical (unpaired) electrons. The summed E-state index contributed by atoms with van der Waals surface area (Å²) in [7, 11) is 0. The molecule has 17 heavy (non-hydrogen) atoms. The number of carbonyl (C=O) groups is 1. The molecule has 0 amide bonds. The van der Waals surface area contributed by atoms with E-state index in [0.717, 1.165) is 38.7 Å². The van der Waals surface area contributed by atoms with E-state index in [1.165, 1.54) is 6.92 Å². The van der Waals surface area contributed by atoms with Gasteiger partial charge in [0.15, 0.2) is 18.7 Å². The zero-order chi connectivity index (χ0) is 12.1. The second kappa shape index (κ2) is 6.33. The number of esters is 1. The van der Waals surface area contributed by atoms with Gasteiger partial charge >= 0.3 is 5.97 Å². The van der Waals surface area contributed by atoms with Crippen LogP contribution in [0, 0.1) is 0 Å². The summed E-state index contributed by atoms with van der Waals surface area (Å²) in [6.07, 6.45) is 3.76. The Balaban J connectivity index is 1.84. The van der Waals surface area contributed by atoms with Crippen LogP contribution in [0.4, 0.5) is 0 Å². The summed E-state index contributed by atoms with van der Waals surface area (Å²) < 4.78 is 21.9. The number of ether oxygens (including phenoxy) is 4. The third kappa shape index (κ3) is 3.94. The molecular weight excluding hydrogens is 224 g/mol.